The number of benzene rings is 2. The number of aryl methyl sites for hydroxylation is 1. The molecule has 0 bridgehead atoms. The Morgan fingerprint density at radius 3 is 2.41 bits per heavy atom. The van der Waals surface area contributed by atoms with E-state index in [2.05, 4.69) is 0 Å². The highest BCUT2D eigenvalue weighted by molar-refractivity contribution is 6.31. The minimum atomic E-state index is -0.950. The van der Waals surface area contributed by atoms with Crippen LogP contribution in [-0.4, -0.2) is 5.11 Å². The summed E-state index contributed by atoms with van der Waals surface area (Å²) in [6.45, 7) is 1.77. The minimum absolute atomic E-state index is 0.0633. The van der Waals surface area contributed by atoms with Gasteiger partial charge in [0.25, 0.3) is 0 Å². The Kier molecular flexibility index (Phi) is 3.03. The number of hydrogen-bond donors (Lipinski definition) is 1. The van der Waals surface area contributed by atoms with Crippen LogP contribution in [0.2, 0.25) is 5.02 Å². The topological polar surface area (TPSA) is 20.2 Å². The lowest BCUT2D eigenvalue weighted by Gasteiger charge is -2.08. The van der Waals surface area contributed by atoms with Gasteiger partial charge in [0.15, 0.2) is 11.6 Å². The predicted octanol–water partition coefficient (Wildman–Crippen LogP) is 4.30. The zero-order chi connectivity index (χ0) is 12.6. The molecule has 0 heterocycles. The molecule has 1 N–H and O–H groups in total. The average Bonchev–Trinajstić information content (AvgIpc) is 2.27. The molecule has 2 aromatic rings. The van der Waals surface area contributed by atoms with E-state index in [9.17, 15) is 13.9 Å². The van der Waals surface area contributed by atoms with Crippen molar-refractivity contribution in [1.29, 1.82) is 0 Å². The second-order valence-corrected chi connectivity index (χ2v) is 4.15. The van der Waals surface area contributed by atoms with Crippen molar-refractivity contribution in [3.8, 4) is 16.9 Å². The fourth-order valence-electron chi connectivity index (χ4n) is 1.57. The number of aromatic hydroxyl groups is 1. The maximum absolute atomic E-state index is 13.1. The SMILES string of the molecule is Cc1cc(-c2ccc(F)c(F)c2)c(O)cc1Cl. The van der Waals surface area contributed by atoms with Gasteiger partial charge >= 0.3 is 0 Å². The van der Waals surface area contributed by atoms with E-state index in [4.69, 9.17) is 11.6 Å². The van der Waals surface area contributed by atoms with Crippen LogP contribution in [0.1, 0.15) is 5.56 Å². The molecule has 88 valence electrons. The molecule has 0 saturated heterocycles. The van der Waals surface area contributed by atoms with Crippen LogP contribution >= 0.6 is 11.6 Å². The molecule has 0 spiro atoms. The van der Waals surface area contributed by atoms with Gasteiger partial charge < -0.3 is 5.11 Å². The molecular formula is C13H9ClF2O. The number of hydrogen-bond acceptors (Lipinski definition) is 1. The van der Waals surface area contributed by atoms with Gasteiger partial charge in [-0.05, 0) is 42.3 Å². The Balaban J connectivity index is 2.60. The van der Waals surface area contributed by atoms with Crippen molar-refractivity contribution < 1.29 is 13.9 Å². The van der Waals surface area contributed by atoms with Gasteiger partial charge in [0.2, 0.25) is 0 Å². The van der Waals surface area contributed by atoms with Gasteiger partial charge in [-0.25, -0.2) is 8.78 Å². The highest BCUT2D eigenvalue weighted by atomic mass is 35.5. The zero-order valence-electron chi connectivity index (χ0n) is 8.97. The van der Waals surface area contributed by atoms with Crippen molar-refractivity contribution in [2.75, 3.05) is 0 Å². The number of phenolic OH excluding ortho intramolecular Hbond substituents is 1. The van der Waals surface area contributed by atoms with Crippen molar-refractivity contribution in [1.82, 2.24) is 0 Å². The molecule has 2 rings (SSSR count). The fraction of sp³-hybridized carbons (Fsp3) is 0.0769. The van der Waals surface area contributed by atoms with Crippen molar-refractivity contribution in [3.63, 3.8) is 0 Å². The molecule has 0 atom stereocenters. The third kappa shape index (κ3) is 2.24. The van der Waals surface area contributed by atoms with Crippen LogP contribution in [0.3, 0.4) is 0 Å². The van der Waals surface area contributed by atoms with Crippen LogP contribution in [0.5, 0.6) is 5.75 Å². The van der Waals surface area contributed by atoms with Crippen molar-refractivity contribution >= 4 is 11.6 Å². The quantitative estimate of drug-likeness (QED) is 0.804. The Hall–Kier alpha value is -1.61. The largest absolute Gasteiger partial charge is 0.507 e. The third-order valence-electron chi connectivity index (χ3n) is 2.51. The van der Waals surface area contributed by atoms with E-state index in [0.29, 0.717) is 16.1 Å². The Morgan fingerprint density at radius 2 is 1.76 bits per heavy atom. The maximum atomic E-state index is 13.1. The molecule has 0 aliphatic heterocycles. The van der Waals surface area contributed by atoms with Crippen molar-refractivity contribution in [3.05, 3.63) is 52.6 Å². The summed E-state index contributed by atoms with van der Waals surface area (Å²) < 4.78 is 25.9. The van der Waals surface area contributed by atoms with E-state index in [0.717, 1.165) is 17.7 Å². The lowest BCUT2D eigenvalue weighted by Crippen LogP contribution is -1.87. The molecule has 4 heteroatoms. The lowest BCUT2D eigenvalue weighted by atomic mass is 10.0. The third-order valence-corrected chi connectivity index (χ3v) is 2.91. The number of phenols is 1. The van der Waals surface area contributed by atoms with Crippen LogP contribution in [0.25, 0.3) is 11.1 Å². The molecule has 0 saturated carbocycles. The first-order chi connectivity index (χ1) is 7.99. The van der Waals surface area contributed by atoms with Gasteiger partial charge in [-0.2, -0.15) is 0 Å². The van der Waals surface area contributed by atoms with Gasteiger partial charge in [0, 0.05) is 10.6 Å². The summed E-state index contributed by atoms with van der Waals surface area (Å²) in [4.78, 5) is 0. The van der Waals surface area contributed by atoms with E-state index in [1.807, 2.05) is 0 Å². The van der Waals surface area contributed by atoms with Gasteiger partial charge in [-0.3, -0.25) is 0 Å². The normalized spacial score (nSPS) is 10.6. The standard InChI is InChI=1S/C13H9ClF2O/c1-7-4-9(13(17)6-10(7)14)8-2-3-11(15)12(16)5-8/h2-6,17H,1H3. The van der Waals surface area contributed by atoms with E-state index < -0.39 is 11.6 Å². The summed E-state index contributed by atoms with van der Waals surface area (Å²) in [5.74, 6) is -1.93. The van der Waals surface area contributed by atoms with Gasteiger partial charge in [0.1, 0.15) is 5.75 Å². The molecule has 0 amide bonds. The van der Waals surface area contributed by atoms with E-state index in [1.165, 1.54) is 12.1 Å². The fourth-order valence-corrected chi connectivity index (χ4v) is 1.72. The average molecular weight is 255 g/mol. The molecule has 0 unspecified atom stereocenters. The first-order valence-corrected chi connectivity index (χ1v) is 5.31. The minimum Gasteiger partial charge on any atom is -0.507 e. The van der Waals surface area contributed by atoms with Gasteiger partial charge in [0.05, 0.1) is 0 Å². The van der Waals surface area contributed by atoms with Gasteiger partial charge in [-0.1, -0.05) is 17.7 Å². The summed E-state index contributed by atoms with van der Waals surface area (Å²) in [6, 6.07) is 6.48. The molecule has 1 nitrogen and oxygen atoms in total. The van der Waals surface area contributed by atoms with E-state index >= 15 is 0 Å². The van der Waals surface area contributed by atoms with Gasteiger partial charge in [-0.15, -0.1) is 0 Å². The molecule has 0 aromatic heterocycles. The summed E-state index contributed by atoms with van der Waals surface area (Å²) >= 11 is 5.84. The summed E-state index contributed by atoms with van der Waals surface area (Å²) in [5.41, 5.74) is 1.58. The summed E-state index contributed by atoms with van der Waals surface area (Å²) in [6.07, 6.45) is 0. The molecule has 17 heavy (non-hydrogen) atoms. The molecule has 0 aliphatic rings. The van der Waals surface area contributed by atoms with E-state index in [1.54, 1.807) is 13.0 Å². The van der Waals surface area contributed by atoms with Crippen LogP contribution in [0.15, 0.2) is 30.3 Å². The molecule has 0 radical (unpaired) electrons. The lowest BCUT2D eigenvalue weighted by molar-refractivity contribution is 0.477. The maximum Gasteiger partial charge on any atom is 0.159 e. The Labute approximate surface area is 102 Å². The van der Waals surface area contributed by atoms with Crippen molar-refractivity contribution in [2.24, 2.45) is 0 Å². The van der Waals surface area contributed by atoms with Crippen LogP contribution in [0.4, 0.5) is 8.78 Å². The zero-order valence-corrected chi connectivity index (χ0v) is 9.72. The first-order valence-electron chi connectivity index (χ1n) is 4.93. The molecule has 2 aromatic carbocycles. The Bertz CT molecular complexity index is 582. The summed E-state index contributed by atoms with van der Waals surface area (Å²) in [7, 11) is 0. The van der Waals surface area contributed by atoms with Crippen molar-refractivity contribution in [2.45, 2.75) is 6.92 Å². The second-order valence-electron chi connectivity index (χ2n) is 3.75. The molecule has 0 aliphatic carbocycles. The monoisotopic (exact) mass is 254 g/mol. The first kappa shape index (κ1) is 11.9. The van der Waals surface area contributed by atoms with Crippen LogP contribution < -0.4 is 0 Å². The Morgan fingerprint density at radius 1 is 1.06 bits per heavy atom. The molecular weight excluding hydrogens is 246 g/mol. The smallest absolute Gasteiger partial charge is 0.159 e. The number of halogens is 3. The van der Waals surface area contributed by atoms with Crippen LogP contribution in [-0.2, 0) is 0 Å². The van der Waals surface area contributed by atoms with Crippen LogP contribution in [0, 0.1) is 18.6 Å². The summed E-state index contributed by atoms with van der Waals surface area (Å²) in [5, 5.41) is 10.2. The number of rotatable bonds is 1. The molecule has 0 fully saturated rings. The highest BCUT2D eigenvalue weighted by Gasteiger charge is 2.10. The van der Waals surface area contributed by atoms with E-state index in [-0.39, 0.29) is 5.75 Å². The predicted molar refractivity (Wildman–Crippen MR) is 63.2 cm³/mol. The second kappa shape index (κ2) is 4.34. The highest BCUT2D eigenvalue weighted by Crippen LogP contribution is 2.34.